The van der Waals surface area contributed by atoms with Crippen LogP contribution in [0.2, 0.25) is 5.15 Å². The molecule has 1 N–H and O–H groups in total. The van der Waals surface area contributed by atoms with Gasteiger partial charge in [0.15, 0.2) is 10.8 Å². The second-order valence-corrected chi connectivity index (χ2v) is 5.01. The topological polar surface area (TPSA) is 55.6 Å². The van der Waals surface area contributed by atoms with Crippen LogP contribution in [0, 0.1) is 0 Å². The van der Waals surface area contributed by atoms with Crippen LogP contribution in [0.3, 0.4) is 0 Å². The van der Waals surface area contributed by atoms with E-state index in [0.29, 0.717) is 11.2 Å². The van der Waals surface area contributed by atoms with Gasteiger partial charge in [0, 0.05) is 18.0 Å². The molecule has 0 spiro atoms. The Balaban J connectivity index is 2.12. The average molecular weight is 256 g/mol. The molecule has 3 heterocycles. The van der Waals surface area contributed by atoms with Crippen molar-refractivity contribution in [1.82, 2.24) is 25.1 Å². The van der Waals surface area contributed by atoms with Crippen molar-refractivity contribution in [1.29, 1.82) is 0 Å². The maximum absolute atomic E-state index is 5.83. The maximum atomic E-state index is 5.83. The monoisotopic (exact) mass is 255 g/mol. The van der Waals surface area contributed by atoms with E-state index in [1.165, 1.54) is 11.3 Å². The molecule has 0 saturated carbocycles. The minimum Gasteiger partial charge on any atom is -0.308 e. The molecular weight excluding hydrogens is 246 g/mol. The number of fused-ring (bicyclic) bond motifs is 1. The molecule has 1 aliphatic rings. The van der Waals surface area contributed by atoms with Gasteiger partial charge in [-0.1, -0.05) is 11.6 Å². The van der Waals surface area contributed by atoms with Gasteiger partial charge in [-0.15, -0.1) is 21.5 Å². The molecular formula is C9H10ClN5S. The van der Waals surface area contributed by atoms with E-state index in [0.717, 1.165) is 29.7 Å². The first-order valence-corrected chi connectivity index (χ1v) is 6.27. The molecule has 1 aliphatic heterocycles. The lowest BCUT2D eigenvalue weighted by Gasteiger charge is -2.22. The smallest absolute Gasteiger partial charge is 0.193 e. The fourth-order valence-electron chi connectivity index (χ4n) is 1.89. The Morgan fingerprint density at radius 3 is 3.19 bits per heavy atom. The van der Waals surface area contributed by atoms with E-state index in [1.54, 1.807) is 0 Å². The van der Waals surface area contributed by atoms with Crippen molar-refractivity contribution in [2.75, 3.05) is 6.54 Å². The molecule has 0 radical (unpaired) electrons. The molecule has 0 amide bonds. The maximum Gasteiger partial charge on any atom is 0.193 e. The zero-order valence-corrected chi connectivity index (χ0v) is 10.2. The summed E-state index contributed by atoms with van der Waals surface area (Å²) in [6, 6.07) is 0.344. The normalized spacial score (nSPS) is 19.8. The van der Waals surface area contributed by atoms with Crippen LogP contribution in [-0.4, -0.2) is 26.3 Å². The third-order valence-corrected chi connectivity index (χ3v) is 3.76. The predicted octanol–water partition coefficient (Wildman–Crippen LogP) is 1.72. The largest absolute Gasteiger partial charge is 0.308 e. The molecule has 0 saturated heterocycles. The second kappa shape index (κ2) is 3.80. The fourth-order valence-corrected chi connectivity index (χ4v) is 2.82. The highest BCUT2D eigenvalue weighted by Gasteiger charge is 2.23. The Hall–Kier alpha value is -0.980. The first kappa shape index (κ1) is 10.2. The van der Waals surface area contributed by atoms with Crippen LogP contribution < -0.4 is 5.32 Å². The molecule has 2 aromatic heterocycles. The van der Waals surface area contributed by atoms with Gasteiger partial charge in [-0.3, -0.25) is 0 Å². The van der Waals surface area contributed by atoms with Crippen molar-refractivity contribution in [2.45, 2.75) is 19.5 Å². The van der Waals surface area contributed by atoms with E-state index in [9.17, 15) is 0 Å². The lowest BCUT2D eigenvalue weighted by Crippen LogP contribution is -2.31. The fraction of sp³-hybridized carbons (Fsp3) is 0.444. The number of nitrogens with one attached hydrogen (secondary N) is 1. The highest BCUT2D eigenvalue weighted by Crippen LogP contribution is 2.28. The van der Waals surface area contributed by atoms with Crippen molar-refractivity contribution in [3.63, 3.8) is 0 Å². The van der Waals surface area contributed by atoms with Gasteiger partial charge in [-0.25, -0.2) is 4.98 Å². The van der Waals surface area contributed by atoms with Gasteiger partial charge < -0.3 is 9.88 Å². The molecule has 1 unspecified atom stereocenters. The number of rotatable bonds is 1. The number of hydrogen-bond donors (Lipinski definition) is 1. The van der Waals surface area contributed by atoms with Gasteiger partial charge in [0.1, 0.15) is 11.0 Å². The van der Waals surface area contributed by atoms with E-state index in [1.807, 2.05) is 5.38 Å². The molecule has 0 aromatic carbocycles. The summed E-state index contributed by atoms with van der Waals surface area (Å²) in [5, 5.41) is 14.8. The number of aromatic nitrogens is 4. The van der Waals surface area contributed by atoms with E-state index in [4.69, 9.17) is 11.6 Å². The molecule has 16 heavy (non-hydrogen) atoms. The molecule has 7 heteroatoms. The Kier molecular flexibility index (Phi) is 2.42. The zero-order chi connectivity index (χ0) is 11.1. The van der Waals surface area contributed by atoms with Crippen LogP contribution in [0.1, 0.15) is 18.8 Å². The number of nitrogens with zero attached hydrogens (tertiary/aromatic N) is 4. The molecule has 2 aromatic rings. The summed E-state index contributed by atoms with van der Waals surface area (Å²) in [4.78, 5) is 4.24. The molecule has 3 rings (SSSR count). The van der Waals surface area contributed by atoms with Crippen molar-refractivity contribution in [2.24, 2.45) is 0 Å². The van der Waals surface area contributed by atoms with Crippen LogP contribution in [0.15, 0.2) is 5.38 Å². The predicted molar refractivity (Wildman–Crippen MR) is 62.6 cm³/mol. The molecule has 0 aliphatic carbocycles. The van der Waals surface area contributed by atoms with Crippen molar-refractivity contribution in [3.8, 4) is 10.8 Å². The second-order valence-electron chi connectivity index (χ2n) is 3.77. The van der Waals surface area contributed by atoms with Crippen LogP contribution >= 0.6 is 22.9 Å². The quantitative estimate of drug-likeness (QED) is 0.843. The van der Waals surface area contributed by atoms with E-state index in [2.05, 4.69) is 32.0 Å². The van der Waals surface area contributed by atoms with Crippen LogP contribution in [0.4, 0.5) is 0 Å². The Labute approximate surface area is 101 Å². The summed E-state index contributed by atoms with van der Waals surface area (Å²) in [5.74, 6) is 1.78. The summed E-state index contributed by atoms with van der Waals surface area (Å²) in [7, 11) is 0. The Bertz CT molecular complexity index is 520. The lowest BCUT2D eigenvalue weighted by molar-refractivity contribution is 0.425. The highest BCUT2D eigenvalue weighted by atomic mass is 35.5. The van der Waals surface area contributed by atoms with Crippen molar-refractivity contribution < 1.29 is 0 Å². The summed E-state index contributed by atoms with van der Waals surface area (Å²) < 4.78 is 2.13. The van der Waals surface area contributed by atoms with Crippen LogP contribution in [0.25, 0.3) is 10.8 Å². The summed E-state index contributed by atoms with van der Waals surface area (Å²) in [6.07, 6.45) is 0. The molecule has 5 nitrogen and oxygen atoms in total. The third kappa shape index (κ3) is 1.53. The number of hydrogen-bond acceptors (Lipinski definition) is 5. The van der Waals surface area contributed by atoms with Gasteiger partial charge in [0.25, 0.3) is 0 Å². The van der Waals surface area contributed by atoms with Crippen molar-refractivity contribution in [3.05, 3.63) is 16.4 Å². The molecule has 1 atom stereocenters. The minimum atomic E-state index is 0.344. The Morgan fingerprint density at radius 2 is 2.44 bits per heavy atom. The highest BCUT2D eigenvalue weighted by molar-refractivity contribution is 7.13. The van der Waals surface area contributed by atoms with E-state index in [-0.39, 0.29) is 0 Å². The number of halogens is 1. The summed E-state index contributed by atoms with van der Waals surface area (Å²) in [6.45, 7) is 3.82. The van der Waals surface area contributed by atoms with Gasteiger partial charge in [-0.05, 0) is 6.92 Å². The molecule has 0 bridgehead atoms. The SMILES string of the molecule is CC1CNCc2nnc(-c3nc(Cl)cs3)n21. The standard InChI is InChI=1S/C9H10ClN5S/c1-5-2-11-3-7-13-14-8(15(5)7)9-12-6(10)4-16-9/h4-5,11H,2-3H2,1H3. The average Bonchev–Trinajstić information content (AvgIpc) is 2.84. The van der Waals surface area contributed by atoms with Crippen molar-refractivity contribution >= 4 is 22.9 Å². The minimum absolute atomic E-state index is 0.344. The van der Waals surface area contributed by atoms with Gasteiger partial charge in [-0.2, -0.15) is 0 Å². The summed E-state index contributed by atoms with van der Waals surface area (Å²) in [5.41, 5.74) is 0. The lowest BCUT2D eigenvalue weighted by atomic mass is 10.2. The van der Waals surface area contributed by atoms with E-state index >= 15 is 0 Å². The summed E-state index contributed by atoms with van der Waals surface area (Å²) >= 11 is 7.32. The zero-order valence-electron chi connectivity index (χ0n) is 8.64. The van der Waals surface area contributed by atoms with Crippen LogP contribution in [0.5, 0.6) is 0 Å². The Morgan fingerprint density at radius 1 is 1.56 bits per heavy atom. The molecule has 84 valence electrons. The third-order valence-electron chi connectivity index (χ3n) is 2.60. The molecule has 0 fully saturated rings. The van der Waals surface area contributed by atoms with Gasteiger partial charge in [0.05, 0.1) is 6.54 Å². The van der Waals surface area contributed by atoms with Gasteiger partial charge in [0.2, 0.25) is 0 Å². The number of thiazole rings is 1. The van der Waals surface area contributed by atoms with Gasteiger partial charge >= 0.3 is 0 Å². The first-order valence-electron chi connectivity index (χ1n) is 5.01. The van der Waals surface area contributed by atoms with Crippen LogP contribution in [-0.2, 0) is 6.54 Å². The van der Waals surface area contributed by atoms with E-state index < -0.39 is 0 Å². The first-order chi connectivity index (χ1) is 7.75.